The summed E-state index contributed by atoms with van der Waals surface area (Å²) in [6, 6.07) is 0. The molecule has 1 atom stereocenters. The molecule has 0 radical (unpaired) electrons. The van der Waals surface area contributed by atoms with Crippen molar-refractivity contribution in [1.82, 2.24) is 4.90 Å². The standard InChI is InChI=1S/C13H23NO3/c1-13(2)9-14(7-11(8-15)17-13)12(16)10-5-3-4-6-10/h10-11,15H,3-9H2,1-2H3. The van der Waals surface area contributed by atoms with Gasteiger partial charge in [-0.05, 0) is 26.7 Å². The van der Waals surface area contributed by atoms with E-state index in [0.717, 1.165) is 12.8 Å². The Kier molecular flexibility index (Phi) is 3.73. The Morgan fingerprint density at radius 2 is 2.06 bits per heavy atom. The van der Waals surface area contributed by atoms with Gasteiger partial charge in [-0.1, -0.05) is 12.8 Å². The zero-order valence-electron chi connectivity index (χ0n) is 10.8. The number of carbonyl (C=O) groups is 1. The van der Waals surface area contributed by atoms with Crippen molar-refractivity contribution in [2.24, 2.45) is 5.92 Å². The normalized spacial score (nSPS) is 29.6. The van der Waals surface area contributed by atoms with Crippen LogP contribution in [0.15, 0.2) is 0 Å². The molecule has 4 nitrogen and oxygen atoms in total. The molecule has 1 heterocycles. The van der Waals surface area contributed by atoms with Gasteiger partial charge in [-0.2, -0.15) is 0 Å². The molecule has 0 bridgehead atoms. The van der Waals surface area contributed by atoms with E-state index < -0.39 is 0 Å². The molecule has 1 saturated carbocycles. The molecule has 2 fully saturated rings. The predicted octanol–water partition coefficient (Wildman–Crippen LogP) is 1.17. The van der Waals surface area contributed by atoms with Crippen molar-refractivity contribution in [2.75, 3.05) is 19.7 Å². The maximum Gasteiger partial charge on any atom is 0.225 e. The van der Waals surface area contributed by atoms with Gasteiger partial charge >= 0.3 is 0 Å². The highest BCUT2D eigenvalue weighted by Gasteiger charge is 2.37. The number of ether oxygens (including phenoxy) is 1. The van der Waals surface area contributed by atoms with E-state index in [1.165, 1.54) is 12.8 Å². The van der Waals surface area contributed by atoms with Crippen LogP contribution in [-0.2, 0) is 9.53 Å². The van der Waals surface area contributed by atoms with Gasteiger partial charge in [0.15, 0.2) is 0 Å². The summed E-state index contributed by atoms with van der Waals surface area (Å²) in [5, 5.41) is 9.23. The van der Waals surface area contributed by atoms with Gasteiger partial charge in [0.2, 0.25) is 5.91 Å². The largest absolute Gasteiger partial charge is 0.394 e. The van der Waals surface area contributed by atoms with Crippen molar-refractivity contribution in [3.05, 3.63) is 0 Å². The third-order valence-electron chi connectivity index (χ3n) is 3.70. The number of nitrogens with zero attached hydrogens (tertiary/aromatic N) is 1. The highest BCUT2D eigenvalue weighted by atomic mass is 16.5. The van der Waals surface area contributed by atoms with Gasteiger partial charge in [-0.15, -0.1) is 0 Å². The average molecular weight is 241 g/mol. The Hall–Kier alpha value is -0.610. The van der Waals surface area contributed by atoms with E-state index >= 15 is 0 Å². The summed E-state index contributed by atoms with van der Waals surface area (Å²) in [6.45, 7) is 5.11. The second-order valence-corrected chi connectivity index (χ2v) is 5.88. The van der Waals surface area contributed by atoms with E-state index in [1.807, 2.05) is 18.7 Å². The van der Waals surface area contributed by atoms with Crippen LogP contribution >= 0.6 is 0 Å². The lowest BCUT2D eigenvalue weighted by Gasteiger charge is -2.43. The van der Waals surface area contributed by atoms with Crippen molar-refractivity contribution in [3.63, 3.8) is 0 Å². The fourth-order valence-electron chi connectivity index (χ4n) is 2.99. The summed E-state index contributed by atoms with van der Waals surface area (Å²) in [5.41, 5.74) is -0.347. The topological polar surface area (TPSA) is 49.8 Å². The maximum absolute atomic E-state index is 12.3. The minimum atomic E-state index is -0.347. The number of carbonyl (C=O) groups excluding carboxylic acids is 1. The first-order valence-electron chi connectivity index (χ1n) is 6.59. The minimum Gasteiger partial charge on any atom is -0.394 e. The summed E-state index contributed by atoms with van der Waals surface area (Å²) in [7, 11) is 0. The van der Waals surface area contributed by atoms with E-state index in [4.69, 9.17) is 4.74 Å². The third kappa shape index (κ3) is 2.99. The smallest absolute Gasteiger partial charge is 0.225 e. The Bertz CT molecular complexity index is 284. The van der Waals surface area contributed by atoms with Crippen molar-refractivity contribution < 1.29 is 14.6 Å². The van der Waals surface area contributed by atoms with Crippen LogP contribution in [0, 0.1) is 5.92 Å². The first kappa shape index (κ1) is 12.8. The Labute approximate surface area is 103 Å². The monoisotopic (exact) mass is 241 g/mol. The van der Waals surface area contributed by atoms with Gasteiger partial charge in [0.25, 0.3) is 0 Å². The summed E-state index contributed by atoms with van der Waals surface area (Å²) >= 11 is 0. The average Bonchev–Trinajstić information content (AvgIpc) is 2.79. The zero-order valence-corrected chi connectivity index (χ0v) is 10.8. The molecule has 98 valence electrons. The van der Waals surface area contributed by atoms with Gasteiger partial charge < -0.3 is 14.7 Å². The van der Waals surface area contributed by atoms with Gasteiger partial charge in [0, 0.05) is 19.0 Å². The van der Waals surface area contributed by atoms with Crippen molar-refractivity contribution >= 4 is 5.91 Å². The molecule has 0 aromatic carbocycles. The fraction of sp³-hybridized carbons (Fsp3) is 0.923. The molecule has 17 heavy (non-hydrogen) atoms. The van der Waals surface area contributed by atoms with Crippen molar-refractivity contribution in [1.29, 1.82) is 0 Å². The molecular formula is C13H23NO3. The first-order valence-corrected chi connectivity index (χ1v) is 6.59. The fourth-order valence-corrected chi connectivity index (χ4v) is 2.99. The van der Waals surface area contributed by atoms with Crippen LogP contribution in [0.25, 0.3) is 0 Å². The summed E-state index contributed by atoms with van der Waals surface area (Å²) < 4.78 is 5.72. The van der Waals surface area contributed by atoms with Crippen LogP contribution < -0.4 is 0 Å². The van der Waals surface area contributed by atoms with Crippen molar-refractivity contribution in [3.8, 4) is 0 Å². The number of amides is 1. The molecule has 1 aliphatic heterocycles. The number of hydrogen-bond acceptors (Lipinski definition) is 3. The number of aliphatic hydroxyl groups excluding tert-OH is 1. The summed E-state index contributed by atoms with van der Waals surface area (Å²) in [4.78, 5) is 14.2. The van der Waals surface area contributed by atoms with Crippen LogP contribution in [0.4, 0.5) is 0 Å². The highest BCUT2D eigenvalue weighted by molar-refractivity contribution is 5.79. The molecule has 1 saturated heterocycles. The molecule has 2 rings (SSSR count). The molecule has 0 aromatic heterocycles. The Balaban J connectivity index is 2.01. The SMILES string of the molecule is CC1(C)CN(C(=O)C2CCCC2)CC(CO)O1. The van der Waals surface area contributed by atoms with Gasteiger partial charge in [0.1, 0.15) is 0 Å². The number of rotatable bonds is 2. The lowest BCUT2D eigenvalue weighted by atomic mass is 10.0. The molecule has 0 spiro atoms. The quantitative estimate of drug-likeness (QED) is 0.789. The zero-order chi connectivity index (χ0) is 12.5. The molecule has 1 amide bonds. The van der Waals surface area contributed by atoms with Crippen LogP contribution in [0.2, 0.25) is 0 Å². The molecular weight excluding hydrogens is 218 g/mol. The van der Waals surface area contributed by atoms with Crippen LogP contribution in [0.5, 0.6) is 0 Å². The number of morpholine rings is 1. The molecule has 4 heteroatoms. The van der Waals surface area contributed by atoms with E-state index in [9.17, 15) is 9.90 Å². The molecule has 1 unspecified atom stereocenters. The maximum atomic E-state index is 12.3. The summed E-state index contributed by atoms with van der Waals surface area (Å²) in [5.74, 6) is 0.473. The van der Waals surface area contributed by atoms with Crippen LogP contribution in [0.1, 0.15) is 39.5 Å². The lowest BCUT2D eigenvalue weighted by molar-refractivity contribution is -0.169. The van der Waals surface area contributed by atoms with Gasteiger partial charge in [-0.25, -0.2) is 0 Å². The first-order chi connectivity index (χ1) is 8.02. The molecule has 2 aliphatic rings. The number of hydrogen-bond donors (Lipinski definition) is 1. The number of aliphatic hydroxyl groups is 1. The van der Waals surface area contributed by atoms with Crippen molar-refractivity contribution in [2.45, 2.75) is 51.2 Å². The molecule has 0 aromatic rings. The van der Waals surface area contributed by atoms with Gasteiger partial charge in [-0.3, -0.25) is 4.79 Å². The minimum absolute atomic E-state index is 0.0160. The predicted molar refractivity (Wildman–Crippen MR) is 64.6 cm³/mol. The second kappa shape index (κ2) is 4.94. The lowest BCUT2D eigenvalue weighted by Crippen LogP contribution is -2.56. The second-order valence-electron chi connectivity index (χ2n) is 5.88. The van der Waals surface area contributed by atoms with Gasteiger partial charge in [0.05, 0.1) is 18.3 Å². The molecule has 1 aliphatic carbocycles. The molecule has 1 N–H and O–H groups in total. The van der Waals surface area contributed by atoms with Crippen LogP contribution in [0.3, 0.4) is 0 Å². The van der Waals surface area contributed by atoms with E-state index in [1.54, 1.807) is 0 Å². The van der Waals surface area contributed by atoms with E-state index in [-0.39, 0.29) is 30.1 Å². The Morgan fingerprint density at radius 1 is 1.41 bits per heavy atom. The van der Waals surface area contributed by atoms with E-state index in [2.05, 4.69) is 0 Å². The highest BCUT2D eigenvalue weighted by Crippen LogP contribution is 2.29. The Morgan fingerprint density at radius 3 is 2.65 bits per heavy atom. The van der Waals surface area contributed by atoms with Crippen LogP contribution in [-0.4, -0.2) is 47.3 Å². The third-order valence-corrected chi connectivity index (χ3v) is 3.70. The van der Waals surface area contributed by atoms with E-state index in [0.29, 0.717) is 13.1 Å². The summed E-state index contributed by atoms with van der Waals surface area (Å²) in [6.07, 6.45) is 4.17.